The second-order valence-electron chi connectivity index (χ2n) is 5.04. The molecule has 0 atom stereocenters. The molecular formula is C17H18N2O4. The lowest BCUT2D eigenvalue weighted by atomic mass is 10.1. The van der Waals surface area contributed by atoms with Gasteiger partial charge in [0.15, 0.2) is 6.61 Å². The van der Waals surface area contributed by atoms with Crippen LogP contribution in [0, 0.1) is 6.92 Å². The van der Waals surface area contributed by atoms with Gasteiger partial charge in [0.2, 0.25) is 0 Å². The third-order valence-electron chi connectivity index (χ3n) is 3.11. The fraction of sp³-hybridized carbons (Fsp3) is 0.176. The Bertz CT molecular complexity index is 724. The van der Waals surface area contributed by atoms with Crippen LogP contribution in [0.15, 0.2) is 47.6 Å². The van der Waals surface area contributed by atoms with E-state index < -0.39 is 5.91 Å². The van der Waals surface area contributed by atoms with Gasteiger partial charge in [-0.05, 0) is 38.1 Å². The summed E-state index contributed by atoms with van der Waals surface area (Å²) in [6.45, 7) is 3.43. The number of hydrogen-bond donors (Lipinski definition) is 3. The second-order valence-corrected chi connectivity index (χ2v) is 5.04. The van der Waals surface area contributed by atoms with Gasteiger partial charge >= 0.3 is 0 Å². The Morgan fingerprint density at radius 1 is 1.17 bits per heavy atom. The highest BCUT2D eigenvalue weighted by Crippen LogP contribution is 2.22. The number of ether oxygens (including phenoxy) is 1. The molecule has 0 saturated heterocycles. The van der Waals surface area contributed by atoms with Gasteiger partial charge in [0.1, 0.15) is 17.2 Å². The highest BCUT2D eigenvalue weighted by molar-refractivity contribution is 6.01. The molecule has 3 N–H and O–H groups in total. The predicted octanol–water partition coefficient (Wildman–Crippen LogP) is 2.33. The number of carbonyl (C=O) groups is 1. The molecule has 0 saturated carbocycles. The zero-order chi connectivity index (χ0) is 16.8. The fourth-order valence-electron chi connectivity index (χ4n) is 1.85. The smallest absolute Gasteiger partial charge is 0.277 e. The molecular weight excluding hydrogens is 296 g/mol. The van der Waals surface area contributed by atoms with Crippen LogP contribution in [0.1, 0.15) is 18.1 Å². The Hall–Kier alpha value is -3.02. The van der Waals surface area contributed by atoms with E-state index in [9.17, 15) is 15.0 Å². The molecule has 2 aromatic rings. The van der Waals surface area contributed by atoms with Crippen molar-refractivity contribution in [3.63, 3.8) is 0 Å². The van der Waals surface area contributed by atoms with E-state index in [0.717, 1.165) is 5.56 Å². The lowest BCUT2D eigenvalue weighted by Crippen LogP contribution is -2.25. The standard InChI is InChI=1S/C17H18N2O4/c1-11-3-6-14(7-4-11)23-10-17(22)19-18-12(2)15-8-5-13(20)9-16(15)21/h3-9,20-21H,10H2,1-2H3,(H,19,22)/b18-12+. The van der Waals surface area contributed by atoms with Crippen molar-refractivity contribution in [2.24, 2.45) is 5.10 Å². The molecule has 0 aliphatic rings. The van der Waals surface area contributed by atoms with Crippen LogP contribution in [-0.2, 0) is 4.79 Å². The summed E-state index contributed by atoms with van der Waals surface area (Å²) in [4.78, 5) is 11.7. The molecule has 0 aliphatic carbocycles. The van der Waals surface area contributed by atoms with Gasteiger partial charge in [-0.3, -0.25) is 4.79 Å². The molecule has 23 heavy (non-hydrogen) atoms. The van der Waals surface area contributed by atoms with Crippen molar-refractivity contribution in [3.05, 3.63) is 53.6 Å². The SMILES string of the molecule is C/C(=N\NC(=O)COc1ccc(C)cc1)c1ccc(O)cc1O. The van der Waals surface area contributed by atoms with Crippen molar-refractivity contribution in [2.45, 2.75) is 13.8 Å². The van der Waals surface area contributed by atoms with Crippen molar-refractivity contribution in [3.8, 4) is 17.2 Å². The van der Waals surface area contributed by atoms with E-state index in [0.29, 0.717) is 17.0 Å². The first-order chi connectivity index (χ1) is 11.0. The van der Waals surface area contributed by atoms with E-state index in [4.69, 9.17) is 4.74 Å². The maximum Gasteiger partial charge on any atom is 0.277 e. The zero-order valence-electron chi connectivity index (χ0n) is 12.9. The molecule has 0 radical (unpaired) electrons. The van der Waals surface area contributed by atoms with Crippen molar-refractivity contribution in [1.82, 2.24) is 5.43 Å². The van der Waals surface area contributed by atoms with E-state index in [2.05, 4.69) is 10.5 Å². The summed E-state index contributed by atoms with van der Waals surface area (Å²) in [6, 6.07) is 11.5. The number of aryl methyl sites for hydroxylation is 1. The number of phenols is 2. The summed E-state index contributed by atoms with van der Waals surface area (Å²) in [5, 5.41) is 22.9. The van der Waals surface area contributed by atoms with Gasteiger partial charge in [0.05, 0.1) is 5.71 Å². The van der Waals surface area contributed by atoms with Crippen LogP contribution in [0.4, 0.5) is 0 Å². The van der Waals surface area contributed by atoms with Gasteiger partial charge in [0, 0.05) is 11.6 Å². The van der Waals surface area contributed by atoms with Crippen LogP contribution in [0.25, 0.3) is 0 Å². The first-order valence-corrected chi connectivity index (χ1v) is 7.00. The molecule has 0 heterocycles. The number of nitrogens with one attached hydrogen (secondary N) is 1. The Kier molecular flexibility index (Phi) is 5.19. The number of phenolic OH excluding ortho intramolecular Hbond substituents is 2. The van der Waals surface area contributed by atoms with E-state index in [1.54, 1.807) is 19.1 Å². The number of hydrogen-bond acceptors (Lipinski definition) is 5. The normalized spacial score (nSPS) is 11.1. The Balaban J connectivity index is 1.90. The number of nitrogens with zero attached hydrogens (tertiary/aromatic N) is 1. The zero-order valence-corrected chi connectivity index (χ0v) is 12.9. The third kappa shape index (κ3) is 4.74. The maximum absolute atomic E-state index is 11.7. The van der Waals surface area contributed by atoms with E-state index >= 15 is 0 Å². The number of rotatable bonds is 5. The van der Waals surface area contributed by atoms with Crippen LogP contribution in [0.2, 0.25) is 0 Å². The van der Waals surface area contributed by atoms with Crippen LogP contribution in [0.3, 0.4) is 0 Å². The van der Waals surface area contributed by atoms with Gasteiger partial charge in [0.25, 0.3) is 5.91 Å². The van der Waals surface area contributed by atoms with Crippen LogP contribution in [-0.4, -0.2) is 28.4 Å². The van der Waals surface area contributed by atoms with Gasteiger partial charge in [-0.15, -0.1) is 0 Å². The topological polar surface area (TPSA) is 91.2 Å². The summed E-state index contributed by atoms with van der Waals surface area (Å²) in [5.41, 5.74) is 4.29. The minimum Gasteiger partial charge on any atom is -0.508 e. The average Bonchev–Trinajstić information content (AvgIpc) is 2.52. The van der Waals surface area contributed by atoms with E-state index in [-0.39, 0.29) is 18.1 Å². The van der Waals surface area contributed by atoms with E-state index in [1.807, 2.05) is 19.1 Å². The Morgan fingerprint density at radius 2 is 1.87 bits per heavy atom. The lowest BCUT2D eigenvalue weighted by molar-refractivity contribution is -0.123. The summed E-state index contributed by atoms with van der Waals surface area (Å²) in [7, 11) is 0. The molecule has 0 fully saturated rings. The molecule has 0 aliphatic heterocycles. The highest BCUT2D eigenvalue weighted by Gasteiger charge is 2.07. The van der Waals surface area contributed by atoms with Crippen LogP contribution in [0.5, 0.6) is 17.2 Å². The minimum absolute atomic E-state index is 0.0467. The maximum atomic E-state index is 11.7. The Labute approximate surface area is 134 Å². The molecule has 2 aromatic carbocycles. The lowest BCUT2D eigenvalue weighted by Gasteiger charge is -2.07. The number of benzene rings is 2. The van der Waals surface area contributed by atoms with Crippen LogP contribution >= 0.6 is 0 Å². The predicted molar refractivity (Wildman–Crippen MR) is 86.8 cm³/mol. The molecule has 0 spiro atoms. The van der Waals surface area contributed by atoms with Crippen molar-refractivity contribution in [2.75, 3.05) is 6.61 Å². The van der Waals surface area contributed by atoms with Gasteiger partial charge in [-0.2, -0.15) is 5.10 Å². The fourth-order valence-corrected chi connectivity index (χ4v) is 1.85. The van der Waals surface area contributed by atoms with Gasteiger partial charge < -0.3 is 14.9 Å². The summed E-state index contributed by atoms with van der Waals surface area (Å²) < 4.78 is 5.34. The summed E-state index contributed by atoms with van der Waals surface area (Å²) in [5.74, 6) is 0.0248. The van der Waals surface area contributed by atoms with Gasteiger partial charge in [-0.25, -0.2) is 5.43 Å². The molecule has 0 bridgehead atoms. The molecule has 0 unspecified atom stereocenters. The van der Waals surface area contributed by atoms with Gasteiger partial charge in [-0.1, -0.05) is 17.7 Å². The number of aromatic hydroxyl groups is 2. The first-order valence-electron chi connectivity index (χ1n) is 7.00. The molecule has 6 heteroatoms. The second kappa shape index (κ2) is 7.31. The summed E-state index contributed by atoms with van der Waals surface area (Å²) in [6.07, 6.45) is 0. The quantitative estimate of drug-likeness (QED) is 0.583. The van der Waals surface area contributed by atoms with Crippen molar-refractivity contribution in [1.29, 1.82) is 0 Å². The Morgan fingerprint density at radius 3 is 2.52 bits per heavy atom. The number of hydrazone groups is 1. The molecule has 1 amide bonds. The molecule has 0 aromatic heterocycles. The molecule has 2 rings (SSSR count). The average molecular weight is 314 g/mol. The molecule has 6 nitrogen and oxygen atoms in total. The van der Waals surface area contributed by atoms with Crippen molar-refractivity contribution >= 4 is 11.6 Å². The van der Waals surface area contributed by atoms with Crippen LogP contribution < -0.4 is 10.2 Å². The summed E-state index contributed by atoms with van der Waals surface area (Å²) >= 11 is 0. The number of amides is 1. The highest BCUT2D eigenvalue weighted by atomic mass is 16.5. The third-order valence-corrected chi connectivity index (χ3v) is 3.11. The first kappa shape index (κ1) is 16.4. The van der Waals surface area contributed by atoms with E-state index in [1.165, 1.54) is 18.2 Å². The van der Waals surface area contributed by atoms with Crippen molar-refractivity contribution < 1.29 is 19.7 Å². The molecule has 120 valence electrons. The minimum atomic E-state index is -0.414. The largest absolute Gasteiger partial charge is 0.508 e. The monoisotopic (exact) mass is 314 g/mol. The number of carbonyl (C=O) groups excluding carboxylic acids is 1.